The predicted molar refractivity (Wildman–Crippen MR) is 69.1 cm³/mol. The maximum absolute atomic E-state index is 11.5. The van der Waals surface area contributed by atoms with Crippen LogP contribution in [0.2, 0.25) is 0 Å². The minimum atomic E-state index is -0.457. The highest BCUT2D eigenvalue weighted by molar-refractivity contribution is 5.99. The largest absolute Gasteiger partial charge is 0.365 e. The monoisotopic (exact) mass is 236 g/mol. The first-order valence-electron chi connectivity index (χ1n) is 5.57. The van der Waals surface area contributed by atoms with Crippen molar-refractivity contribution in [2.45, 2.75) is 26.8 Å². The lowest BCUT2D eigenvalue weighted by Gasteiger charge is -2.23. The molecule has 0 fully saturated rings. The number of anilines is 1. The molecule has 1 amide bonds. The fraction of sp³-hybridized carbons (Fsp3) is 0.500. The van der Waals surface area contributed by atoms with E-state index >= 15 is 0 Å². The summed E-state index contributed by atoms with van der Waals surface area (Å²) in [5.41, 5.74) is 13.3. The van der Waals surface area contributed by atoms with Gasteiger partial charge in [-0.15, -0.1) is 0 Å². The third-order valence-electron chi connectivity index (χ3n) is 2.50. The van der Waals surface area contributed by atoms with Gasteiger partial charge < -0.3 is 16.4 Å². The van der Waals surface area contributed by atoms with Gasteiger partial charge in [0.25, 0.3) is 5.91 Å². The van der Waals surface area contributed by atoms with E-state index in [1.165, 1.54) is 0 Å². The second-order valence-corrected chi connectivity index (χ2v) is 4.50. The van der Waals surface area contributed by atoms with Crippen LogP contribution in [-0.4, -0.2) is 30.5 Å². The Morgan fingerprint density at radius 3 is 2.59 bits per heavy atom. The van der Waals surface area contributed by atoms with Gasteiger partial charge in [-0.05, 0) is 32.4 Å². The van der Waals surface area contributed by atoms with Crippen LogP contribution in [0, 0.1) is 13.8 Å². The summed E-state index contributed by atoms with van der Waals surface area (Å²) in [6, 6.07) is 1.85. The van der Waals surface area contributed by atoms with Crippen LogP contribution < -0.4 is 16.4 Å². The summed E-state index contributed by atoms with van der Waals surface area (Å²) >= 11 is 0. The van der Waals surface area contributed by atoms with Crippen LogP contribution >= 0.6 is 0 Å². The number of carbonyl (C=O) groups is 1. The smallest absolute Gasteiger partial charge is 0.252 e. The fourth-order valence-electron chi connectivity index (χ4n) is 1.92. The average molecular weight is 236 g/mol. The van der Waals surface area contributed by atoms with Crippen molar-refractivity contribution in [3.63, 3.8) is 0 Å². The van der Waals surface area contributed by atoms with Gasteiger partial charge in [0.1, 0.15) is 5.82 Å². The molecule has 1 unspecified atom stereocenters. The Labute approximate surface area is 102 Å². The molecule has 1 heterocycles. The highest BCUT2D eigenvalue weighted by atomic mass is 16.1. The second-order valence-electron chi connectivity index (χ2n) is 4.50. The molecule has 1 aromatic heterocycles. The maximum Gasteiger partial charge on any atom is 0.252 e. The zero-order valence-corrected chi connectivity index (χ0v) is 10.8. The molecule has 1 aromatic rings. The molecule has 0 saturated carbocycles. The topological polar surface area (TPSA) is 85.2 Å². The van der Waals surface area contributed by atoms with Gasteiger partial charge in [0.15, 0.2) is 0 Å². The normalized spacial score (nSPS) is 12.3. The molecule has 0 aliphatic heterocycles. The van der Waals surface area contributed by atoms with Gasteiger partial charge >= 0.3 is 0 Å². The van der Waals surface area contributed by atoms with Crippen molar-refractivity contribution < 1.29 is 4.79 Å². The van der Waals surface area contributed by atoms with Crippen molar-refractivity contribution in [3.05, 3.63) is 22.9 Å². The first-order valence-corrected chi connectivity index (χ1v) is 5.57. The van der Waals surface area contributed by atoms with Crippen LogP contribution in [-0.2, 0) is 0 Å². The standard InChI is InChI=1S/C12H20N4O/c1-7-5-9(3)15-12(10(7)11(14)17)16(4)6-8(2)13/h5,8H,6,13H2,1-4H3,(H2,14,17). The zero-order chi connectivity index (χ0) is 13.2. The van der Waals surface area contributed by atoms with Gasteiger partial charge in [0.05, 0.1) is 5.56 Å². The number of amides is 1. The molecule has 0 bridgehead atoms. The molecule has 17 heavy (non-hydrogen) atoms. The Kier molecular flexibility index (Phi) is 4.07. The van der Waals surface area contributed by atoms with Gasteiger partial charge in [-0.2, -0.15) is 0 Å². The van der Waals surface area contributed by atoms with E-state index in [-0.39, 0.29) is 6.04 Å². The molecule has 0 radical (unpaired) electrons. The van der Waals surface area contributed by atoms with Crippen LogP contribution in [0.25, 0.3) is 0 Å². The van der Waals surface area contributed by atoms with Crippen LogP contribution in [0.15, 0.2) is 6.07 Å². The minimum absolute atomic E-state index is 0.00310. The third-order valence-corrected chi connectivity index (χ3v) is 2.50. The number of nitrogens with zero attached hydrogens (tertiary/aromatic N) is 2. The number of primary amides is 1. The molecule has 94 valence electrons. The summed E-state index contributed by atoms with van der Waals surface area (Å²) < 4.78 is 0. The van der Waals surface area contributed by atoms with Crippen molar-refractivity contribution in [1.82, 2.24) is 4.98 Å². The maximum atomic E-state index is 11.5. The fourth-order valence-corrected chi connectivity index (χ4v) is 1.92. The summed E-state index contributed by atoms with van der Waals surface area (Å²) in [5.74, 6) is 0.147. The van der Waals surface area contributed by atoms with Crippen LogP contribution in [0.3, 0.4) is 0 Å². The van der Waals surface area contributed by atoms with Gasteiger partial charge in [0.2, 0.25) is 0 Å². The molecule has 4 N–H and O–H groups in total. The van der Waals surface area contributed by atoms with Crippen molar-refractivity contribution in [2.24, 2.45) is 11.5 Å². The Morgan fingerprint density at radius 1 is 1.53 bits per heavy atom. The van der Waals surface area contributed by atoms with Crippen LogP contribution in [0.4, 0.5) is 5.82 Å². The lowest BCUT2D eigenvalue weighted by molar-refractivity contribution is 0.1000. The van der Waals surface area contributed by atoms with Crippen molar-refractivity contribution in [2.75, 3.05) is 18.5 Å². The summed E-state index contributed by atoms with van der Waals surface area (Å²) in [6.07, 6.45) is 0. The molecule has 0 aromatic carbocycles. The third kappa shape index (κ3) is 3.17. The SMILES string of the molecule is Cc1cc(C)c(C(N)=O)c(N(C)CC(C)N)n1. The number of pyridine rings is 1. The zero-order valence-electron chi connectivity index (χ0n) is 10.8. The van der Waals surface area contributed by atoms with Gasteiger partial charge in [-0.1, -0.05) is 0 Å². The van der Waals surface area contributed by atoms with Crippen LogP contribution in [0.1, 0.15) is 28.5 Å². The Balaban J connectivity index is 3.25. The van der Waals surface area contributed by atoms with Gasteiger partial charge in [-0.25, -0.2) is 4.98 Å². The molecule has 5 heteroatoms. The first kappa shape index (κ1) is 13.4. The van der Waals surface area contributed by atoms with Crippen molar-refractivity contribution in [1.29, 1.82) is 0 Å². The quantitative estimate of drug-likeness (QED) is 0.800. The number of hydrogen-bond acceptors (Lipinski definition) is 4. The Morgan fingerprint density at radius 2 is 2.12 bits per heavy atom. The molecular weight excluding hydrogens is 216 g/mol. The molecule has 0 saturated heterocycles. The number of aryl methyl sites for hydroxylation is 2. The summed E-state index contributed by atoms with van der Waals surface area (Å²) in [7, 11) is 1.86. The molecule has 0 aliphatic carbocycles. The van der Waals surface area contributed by atoms with E-state index in [4.69, 9.17) is 11.5 Å². The number of hydrogen-bond donors (Lipinski definition) is 2. The minimum Gasteiger partial charge on any atom is -0.365 e. The van der Waals surface area contributed by atoms with Crippen LogP contribution in [0.5, 0.6) is 0 Å². The van der Waals surface area contributed by atoms with E-state index in [2.05, 4.69) is 4.98 Å². The summed E-state index contributed by atoms with van der Waals surface area (Å²) in [6.45, 7) is 6.28. The molecule has 1 atom stereocenters. The van der Waals surface area contributed by atoms with E-state index in [0.717, 1.165) is 11.3 Å². The lowest BCUT2D eigenvalue weighted by Crippen LogP contribution is -2.35. The number of nitrogens with two attached hydrogens (primary N) is 2. The molecule has 0 aliphatic rings. The summed E-state index contributed by atoms with van der Waals surface area (Å²) in [5, 5.41) is 0. The number of aromatic nitrogens is 1. The Bertz CT molecular complexity index is 429. The predicted octanol–water partition coefficient (Wildman–Crippen LogP) is 0.581. The lowest BCUT2D eigenvalue weighted by atomic mass is 10.1. The Hall–Kier alpha value is -1.62. The molecule has 0 spiro atoms. The number of carbonyl (C=O) groups excluding carboxylic acids is 1. The van der Waals surface area contributed by atoms with E-state index in [1.807, 2.05) is 38.8 Å². The summed E-state index contributed by atoms with van der Waals surface area (Å²) in [4.78, 5) is 17.7. The highest BCUT2D eigenvalue weighted by Crippen LogP contribution is 2.21. The van der Waals surface area contributed by atoms with E-state index in [1.54, 1.807) is 0 Å². The van der Waals surface area contributed by atoms with Gasteiger partial charge in [-0.3, -0.25) is 4.79 Å². The van der Waals surface area contributed by atoms with E-state index in [0.29, 0.717) is 17.9 Å². The molecule has 5 nitrogen and oxygen atoms in total. The molecule has 1 rings (SSSR count). The number of likely N-dealkylation sites (N-methyl/N-ethyl adjacent to an activating group) is 1. The first-order chi connectivity index (χ1) is 7.82. The average Bonchev–Trinajstić information content (AvgIpc) is 2.14. The van der Waals surface area contributed by atoms with Gasteiger partial charge in [0, 0.05) is 25.3 Å². The van der Waals surface area contributed by atoms with Crippen molar-refractivity contribution in [3.8, 4) is 0 Å². The molecular formula is C12H20N4O. The second kappa shape index (κ2) is 5.14. The number of rotatable bonds is 4. The highest BCUT2D eigenvalue weighted by Gasteiger charge is 2.17. The van der Waals surface area contributed by atoms with E-state index < -0.39 is 5.91 Å². The van der Waals surface area contributed by atoms with Crippen molar-refractivity contribution >= 4 is 11.7 Å². The van der Waals surface area contributed by atoms with E-state index in [9.17, 15) is 4.79 Å².